The van der Waals surface area contributed by atoms with E-state index >= 15 is 0 Å². The van der Waals surface area contributed by atoms with E-state index in [4.69, 9.17) is 24.7 Å². The molecule has 1 fully saturated rings. The molecule has 1 aromatic rings. The first-order chi connectivity index (χ1) is 18.2. The van der Waals surface area contributed by atoms with Crippen molar-refractivity contribution in [3.05, 3.63) is 23.8 Å². The SMILES string of the molecule is COCCCOc1cc(C[C@@H](C[C@H](N)[C@@H](O)C[C@H](C(=O)NCC2CCOC2)C(C)C)C(C)C)ccc1OC. The number of nitrogens with one attached hydrogen (secondary N) is 1. The number of aliphatic hydroxyl groups is 1. The maximum Gasteiger partial charge on any atom is 0.223 e. The Morgan fingerprint density at radius 2 is 1.89 bits per heavy atom. The summed E-state index contributed by atoms with van der Waals surface area (Å²) in [6.07, 6.45) is 2.87. The molecule has 1 heterocycles. The number of carbonyl (C=O) groups excluding carboxylic acids is 1. The third-order valence-electron chi connectivity index (χ3n) is 7.71. The average molecular weight is 537 g/mol. The second kappa shape index (κ2) is 17.0. The van der Waals surface area contributed by atoms with Gasteiger partial charge < -0.3 is 35.1 Å². The highest BCUT2D eigenvalue weighted by Gasteiger charge is 2.30. The van der Waals surface area contributed by atoms with Gasteiger partial charge in [-0.25, -0.2) is 0 Å². The predicted molar refractivity (Wildman–Crippen MR) is 150 cm³/mol. The molecule has 8 nitrogen and oxygen atoms in total. The van der Waals surface area contributed by atoms with Crippen LogP contribution in [0.1, 0.15) is 58.9 Å². The maximum atomic E-state index is 12.9. The second-order valence-corrected chi connectivity index (χ2v) is 11.4. The molecule has 0 aliphatic carbocycles. The Hall–Kier alpha value is -1.87. The Bertz CT molecular complexity index is 812. The molecule has 0 aromatic heterocycles. The molecule has 8 heteroatoms. The van der Waals surface area contributed by atoms with Gasteiger partial charge in [0.2, 0.25) is 5.91 Å². The number of methoxy groups -OCH3 is 2. The minimum Gasteiger partial charge on any atom is -0.493 e. The Labute approximate surface area is 229 Å². The number of amides is 1. The number of ether oxygens (including phenoxy) is 4. The monoisotopic (exact) mass is 536 g/mol. The Morgan fingerprint density at radius 1 is 1.13 bits per heavy atom. The third-order valence-corrected chi connectivity index (χ3v) is 7.71. The summed E-state index contributed by atoms with van der Waals surface area (Å²) >= 11 is 0. The van der Waals surface area contributed by atoms with Crippen LogP contribution in [0.4, 0.5) is 0 Å². The van der Waals surface area contributed by atoms with Gasteiger partial charge in [0.25, 0.3) is 0 Å². The maximum absolute atomic E-state index is 12.9. The van der Waals surface area contributed by atoms with Gasteiger partial charge in [-0.05, 0) is 61.1 Å². The highest BCUT2D eigenvalue weighted by atomic mass is 16.5. The number of benzene rings is 1. The van der Waals surface area contributed by atoms with Crippen LogP contribution >= 0.6 is 0 Å². The van der Waals surface area contributed by atoms with E-state index in [2.05, 4.69) is 25.2 Å². The number of nitrogens with two attached hydrogens (primary N) is 1. The molecule has 0 saturated carbocycles. The van der Waals surface area contributed by atoms with Crippen molar-refractivity contribution in [1.29, 1.82) is 0 Å². The van der Waals surface area contributed by atoms with Crippen LogP contribution in [-0.4, -0.2) is 70.4 Å². The lowest BCUT2D eigenvalue weighted by atomic mass is 9.80. The van der Waals surface area contributed by atoms with Crippen LogP contribution in [0.3, 0.4) is 0 Å². The first-order valence-corrected chi connectivity index (χ1v) is 14.2. The second-order valence-electron chi connectivity index (χ2n) is 11.4. The van der Waals surface area contributed by atoms with Crippen molar-refractivity contribution < 1.29 is 28.8 Å². The Kier molecular flexibility index (Phi) is 14.4. The van der Waals surface area contributed by atoms with E-state index in [-0.39, 0.29) is 23.7 Å². The normalized spacial score (nSPS) is 18.8. The van der Waals surface area contributed by atoms with Crippen molar-refractivity contribution in [1.82, 2.24) is 5.32 Å². The zero-order chi connectivity index (χ0) is 28.1. The fourth-order valence-corrected chi connectivity index (χ4v) is 4.98. The Morgan fingerprint density at radius 3 is 2.50 bits per heavy atom. The molecular weight excluding hydrogens is 484 g/mol. The van der Waals surface area contributed by atoms with Crippen molar-refractivity contribution in [3.63, 3.8) is 0 Å². The summed E-state index contributed by atoms with van der Waals surface area (Å²) in [4.78, 5) is 12.9. The van der Waals surface area contributed by atoms with Crippen LogP contribution in [0, 0.1) is 29.6 Å². The van der Waals surface area contributed by atoms with Gasteiger partial charge in [-0.3, -0.25) is 4.79 Å². The fraction of sp³-hybridized carbons (Fsp3) is 0.767. The Balaban J connectivity index is 1.97. The highest BCUT2D eigenvalue weighted by molar-refractivity contribution is 5.78. The molecule has 1 unspecified atom stereocenters. The molecule has 218 valence electrons. The summed E-state index contributed by atoms with van der Waals surface area (Å²) < 4.78 is 22.0. The summed E-state index contributed by atoms with van der Waals surface area (Å²) in [6.45, 7) is 11.7. The molecule has 0 bridgehead atoms. The molecule has 1 aliphatic rings. The molecule has 1 aliphatic heterocycles. The van der Waals surface area contributed by atoms with Crippen LogP contribution in [0.2, 0.25) is 0 Å². The van der Waals surface area contributed by atoms with Crippen molar-refractivity contribution in [3.8, 4) is 11.5 Å². The lowest BCUT2D eigenvalue weighted by molar-refractivity contribution is -0.127. The molecule has 2 rings (SSSR count). The van der Waals surface area contributed by atoms with Crippen LogP contribution in [0.5, 0.6) is 11.5 Å². The fourth-order valence-electron chi connectivity index (χ4n) is 4.98. The van der Waals surface area contributed by atoms with Crippen molar-refractivity contribution in [2.45, 2.75) is 71.9 Å². The first kappa shape index (κ1) is 32.3. The zero-order valence-electron chi connectivity index (χ0n) is 24.4. The number of carbonyl (C=O) groups is 1. The van der Waals surface area contributed by atoms with Crippen LogP contribution in [0.25, 0.3) is 0 Å². The van der Waals surface area contributed by atoms with Gasteiger partial charge in [0, 0.05) is 51.2 Å². The van der Waals surface area contributed by atoms with Crippen LogP contribution < -0.4 is 20.5 Å². The smallest absolute Gasteiger partial charge is 0.223 e. The van der Waals surface area contributed by atoms with Crippen molar-refractivity contribution >= 4 is 5.91 Å². The van der Waals surface area contributed by atoms with E-state index in [1.54, 1.807) is 14.2 Å². The van der Waals surface area contributed by atoms with E-state index < -0.39 is 12.1 Å². The largest absolute Gasteiger partial charge is 0.493 e. The number of hydrogen-bond acceptors (Lipinski definition) is 7. The molecular formula is C30H52N2O6. The van der Waals surface area contributed by atoms with E-state index in [0.717, 1.165) is 37.2 Å². The molecule has 1 amide bonds. The van der Waals surface area contributed by atoms with Gasteiger partial charge >= 0.3 is 0 Å². The molecule has 4 N–H and O–H groups in total. The first-order valence-electron chi connectivity index (χ1n) is 14.2. The number of hydrogen-bond donors (Lipinski definition) is 3. The van der Waals surface area contributed by atoms with Gasteiger partial charge in [0.05, 0.1) is 26.4 Å². The zero-order valence-corrected chi connectivity index (χ0v) is 24.4. The van der Waals surface area contributed by atoms with Gasteiger partial charge in [0.15, 0.2) is 11.5 Å². The predicted octanol–water partition coefficient (Wildman–Crippen LogP) is 3.82. The minimum absolute atomic E-state index is 0.00480. The summed E-state index contributed by atoms with van der Waals surface area (Å²) in [6, 6.07) is 5.63. The summed E-state index contributed by atoms with van der Waals surface area (Å²) in [7, 11) is 3.32. The molecule has 1 saturated heterocycles. The number of aliphatic hydroxyl groups excluding tert-OH is 1. The van der Waals surface area contributed by atoms with E-state index in [1.165, 1.54) is 0 Å². The molecule has 0 spiro atoms. The van der Waals surface area contributed by atoms with Gasteiger partial charge in [-0.15, -0.1) is 0 Å². The molecule has 1 aromatic carbocycles. The van der Waals surface area contributed by atoms with E-state index in [0.29, 0.717) is 56.8 Å². The molecule has 0 radical (unpaired) electrons. The highest BCUT2D eigenvalue weighted by Crippen LogP contribution is 2.32. The van der Waals surface area contributed by atoms with E-state index in [1.807, 2.05) is 26.0 Å². The van der Waals surface area contributed by atoms with Gasteiger partial charge in [0.1, 0.15) is 0 Å². The minimum atomic E-state index is -0.750. The standard InChI is InChI=1S/C30H52N2O6/c1-20(2)24(14-22-8-9-28(36-6)29(15-22)38-12-7-11-35-5)16-26(31)27(33)17-25(21(3)4)30(34)32-18-23-10-13-37-19-23/h8-9,15,20-21,23-27,33H,7,10-14,16-19,31H2,1-6H3,(H,32,34)/t23?,24-,25-,26-,27-/m0/s1. The average Bonchev–Trinajstić information content (AvgIpc) is 3.41. The summed E-state index contributed by atoms with van der Waals surface area (Å²) in [5.74, 6) is 2.27. The van der Waals surface area contributed by atoms with Crippen molar-refractivity contribution in [2.75, 3.05) is 47.2 Å². The summed E-state index contributed by atoms with van der Waals surface area (Å²) in [5.41, 5.74) is 7.69. The van der Waals surface area contributed by atoms with Gasteiger partial charge in [-0.2, -0.15) is 0 Å². The van der Waals surface area contributed by atoms with Gasteiger partial charge in [-0.1, -0.05) is 33.8 Å². The summed E-state index contributed by atoms with van der Waals surface area (Å²) in [5, 5.41) is 14.1. The van der Waals surface area contributed by atoms with Crippen molar-refractivity contribution in [2.24, 2.45) is 35.3 Å². The third kappa shape index (κ3) is 10.7. The lowest BCUT2D eigenvalue weighted by Gasteiger charge is -2.30. The molecule has 38 heavy (non-hydrogen) atoms. The number of rotatable bonds is 18. The quantitative estimate of drug-likeness (QED) is 0.245. The van der Waals surface area contributed by atoms with Crippen LogP contribution in [-0.2, 0) is 20.7 Å². The molecule has 5 atom stereocenters. The van der Waals surface area contributed by atoms with E-state index in [9.17, 15) is 9.90 Å². The lowest BCUT2D eigenvalue weighted by Crippen LogP contribution is -2.43. The van der Waals surface area contributed by atoms with Crippen LogP contribution in [0.15, 0.2) is 18.2 Å². The topological polar surface area (TPSA) is 112 Å².